The van der Waals surface area contributed by atoms with E-state index >= 15 is 0 Å². The average Bonchev–Trinajstić information content (AvgIpc) is 3.32. The summed E-state index contributed by atoms with van der Waals surface area (Å²) in [5.74, 6) is 0.668. The van der Waals surface area contributed by atoms with Gasteiger partial charge in [0, 0.05) is 49.4 Å². The number of non-ortho nitro benzene ring substituents is 1. The van der Waals surface area contributed by atoms with Gasteiger partial charge in [0.25, 0.3) is 5.69 Å². The Morgan fingerprint density at radius 1 is 1.06 bits per heavy atom. The predicted molar refractivity (Wildman–Crippen MR) is 133 cm³/mol. The molecule has 5 rings (SSSR count). The number of carbonyl (C=O) groups is 1. The molecule has 1 aliphatic rings. The molecule has 0 spiro atoms. The number of nitrogens with zero attached hydrogens (tertiary/aromatic N) is 7. The number of hydrogen-bond donors (Lipinski definition) is 0. The van der Waals surface area contributed by atoms with Gasteiger partial charge in [0.05, 0.1) is 22.2 Å². The van der Waals surface area contributed by atoms with Gasteiger partial charge in [-0.3, -0.25) is 14.9 Å². The van der Waals surface area contributed by atoms with Crippen molar-refractivity contribution >= 4 is 46.1 Å². The lowest BCUT2D eigenvalue weighted by molar-refractivity contribution is -0.384. The monoisotopic (exact) mass is 489 g/mol. The van der Waals surface area contributed by atoms with E-state index in [1.807, 2.05) is 18.2 Å². The molecular formula is C24H20ClN7O3. The molecule has 1 fully saturated rings. The molecule has 0 bridgehead atoms. The van der Waals surface area contributed by atoms with E-state index in [1.54, 1.807) is 40.1 Å². The molecule has 1 amide bonds. The molecule has 176 valence electrons. The number of anilines is 1. The summed E-state index contributed by atoms with van der Waals surface area (Å²) >= 11 is 6.14. The Morgan fingerprint density at radius 3 is 2.54 bits per heavy atom. The average molecular weight is 490 g/mol. The van der Waals surface area contributed by atoms with Gasteiger partial charge in [-0.05, 0) is 42.0 Å². The Morgan fingerprint density at radius 2 is 1.83 bits per heavy atom. The molecule has 4 aromatic rings. The standard InChI is InChI=1S/C24H20ClN7O3/c25-18-2-1-3-20(14-18)31-24-21(15-28-31)23(26-16-27-24)30-12-10-29(11-13-30)22(33)9-6-17-4-7-19(8-5-17)32(34)35/h1-9,14-16H,10-13H2/b9-6+. The van der Waals surface area contributed by atoms with Crippen molar-refractivity contribution in [3.05, 3.63) is 87.8 Å². The largest absolute Gasteiger partial charge is 0.352 e. The SMILES string of the molecule is O=C(/C=C/c1ccc([N+](=O)[O-])cc1)N1CCN(c2ncnc3c2cnn3-c2cccc(Cl)c2)CC1. The summed E-state index contributed by atoms with van der Waals surface area (Å²) in [6.45, 7) is 2.31. The molecule has 10 nitrogen and oxygen atoms in total. The molecule has 1 aliphatic heterocycles. The first-order valence-corrected chi connectivity index (χ1v) is 11.3. The molecule has 0 N–H and O–H groups in total. The first-order valence-electron chi connectivity index (χ1n) is 10.9. The number of nitro groups is 1. The molecule has 2 aromatic heterocycles. The highest BCUT2D eigenvalue weighted by molar-refractivity contribution is 6.30. The molecule has 1 saturated heterocycles. The highest BCUT2D eigenvalue weighted by Gasteiger charge is 2.23. The fraction of sp³-hybridized carbons (Fsp3) is 0.167. The van der Waals surface area contributed by atoms with Gasteiger partial charge in [0.15, 0.2) is 5.65 Å². The lowest BCUT2D eigenvalue weighted by atomic mass is 10.2. The third-order valence-corrected chi connectivity index (χ3v) is 6.05. The molecular weight excluding hydrogens is 470 g/mol. The second kappa shape index (κ2) is 9.51. The van der Waals surface area contributed by atoms with Crippen LogP contribution in [0.25, 0.3) is 22.8 Å². The molecule has 0 radical (unpaired) electrons. The highest BCUT2D eigenvalue weighted by atomic mass is 35.5. The van der Waals surface area contributed by atoms with E-state index in [2.05, 4.69) is 20.0 Å². The van der Waals surface area contributed by atoms with E-state index in [1.165, 1.54) is 24.5 Å². The van der Waals surface area contributed by atoms with Crippen molar-refractivity contribution in [3.8, 4) is 5.69 Å². The maximum absolute atomic E-state index is 12.7. The summed E-state index contributed by atoms with van der Waals surface area (Å²) in [7, 11) is 0. The number of halogens is 1. The topological polar surface area (TPSA) is 110 Å². The zero-order chi connectivity index (χ0) is 24.4. The molecule has 0 unspecified atom stereocenters. The van der Waals surface area contributed by atoms with Crippen molar-refractivity contribution in [2.24, 2.45) is 0 Å². The fourth-order valence-electron chi connectivity index (χ4n) is 4.00. The second-order valence-corrected chi connectivity index (χ2v) is 8.40. The number of fused-ring (bicyclic) bond motifs is 1. The first-order chi connectivity index (χ1) is 17.0. The van der Waals surface area contributed by atoms with Crippen LogP contribution in [0.4, 0.5) is 11.5 Å². The maximum Gasteiger partial charge on any atom is 0.269 e. The lowest BCUT2D eigenvalue weighted by Crippen LogP contribution is -2.48. The van der Waals surface area contributed by atoms with Crippen LogP contribution in [-0.4, -0.2) is 61.7 Å². The number of amides is 1. The van der Waals surface area contributed by atoms with Gasteiger partial charge < -0.3 is 9.80 Å². The number of carbonyl (C=O) groups excluding carboxylic acids is 1. The van der Waals surface area contributed by atoms with Gasteiger partial charge in [-0.15, -0.1) is 0 Å². The van der Waals surface area contributed by atoms with Crippen molar-refractivity contribution in [2.45, 2.75) is 0 Å². The second-order valence-electron chi connectivity index (χ2n) is 7.97. The van der Waals surface area contributed by atoms with Crippen LogP contribution in [0.2, 0.25) is 5.02 Å². The van der Waals surface area contributed by atoms with Crippen LogP contribution in [0, 0.1) is 10.1 Å². The summed E-state index contributed by atoms with van der Waals surface area (Å²) in [6, 6.07) is 13.5. The zero-order valence-electron chi connectivity index (χ0n) is 18.5. The van der Waals surface area contributed by atoms with Gasteiger partial charge in [0.1, 0.15) is 12.1 Å². The maximum atomic E-state index is 12.7. The highest BCUT2D eigenvalue weighted by Crippen LogP contribution is 2.26. The summed E-state index contributed by atoms with van der Waals surface area (Å²) in [4.78, 5) is 35.8. The third kappa shape index (κ3) is 4.69. The molecule has 11 heteroatoms. The normalized spacial score (nSPS) is 14.1. The van der Waals surface area contributed by atoms with Crippen molar-refractivity contribution in [1.82, 2.24) is 24.6 Å². The van der Waals surface area contributed by atoms with E-state index in [0.29, 0.717) is 36.8 Å². The van der Waals surface area contributed by atoms with E-state index in [-0.39, 0.29) is 11.6 Å². The molecule has 0 atom stereocenters. The van der Waals surface area contributed by atoms with Crippen LogP contribution in [-0.2, 0) is 4.79 Å². The van der Waals surface area contributed by atoms with Crippen molar-refractivity contribution in [1.29, 1.82) is 0 Å². The van der Waals surface area contributed by atoms with Crippen LogP contribution in [0.1, 0.15) is 5.56 Å². The number of hydrogen-bond acceptors (Lipinski definition) is 7. The zero-order valence-corrected chi connectivity index (χ0v) is 19.2. The summed E-state index contributed by atoms with van der Waals surface area (Å²) in [5, 5.41) is 16.7. The quantitative estimate of drug-likeness (QED) is 0.238. The van der Waals surface area contributed by atoms with Crippen LogP contribution in [0.3, 0.4) is 0 Å². The first kappa shape index (κ1) is 22.5. The van der Waals surface area contributed by atoms with Gasteiger partial charge in [-0.2, -0.15) is 5.10 Å². The summed E-state index contributed by atoms with van der Waals surface area (Å²) in [5.41, 5.74) is 2.23. The lowest BCUT2D eigenvalue weighted by Gasteiger charge is -2.35. The van der Waals surface area contributed by atoms with Gasteiger partial charge in [0.2, 0.25) is 5.91 Å². The predicted octanol–water partition coefficient (Wildman–Crippen LogP) is 3.74. The summed E-state index contributed by atoms with van der Waals surface area (Å²) in [6.07, 6.45) is 6.42. The third-order valence-electron chi connectivity index (χ3n) is 5.81. The minimum Gasteiger partial charge on any atom is -0.352 e. The Hall–Kier alpha value is -4.31. The van der Waals surface area contributed by atoms with Crippen LogP contribution in [0.15, 0.2) is 67.1 Å². The molecule has 0 saturated carbocycles. The Balaban J connectivity index is 1.27. The number of rotatable bonds is 5. The van der Waals surface area contributed by atoms with Crippen LogP contribution >= 0.6 is 11.6 Å². The number of benzene rings is 2. The van der Waals surface area contributed by atoms with Crippen LogP contribution in [0.5, 0.6) is 0 Å². The van der Waals surface area contributed by atoms with E-state index in [9.17, 15) is 14.9 Å². The van der Waals surface area contributed by atoms with E-state index < -0.39 is 4.92 Å². The number of aromatic nitrogens is 4. The van der Waals surface area contributed by atoms with Crippen molar-refractivity contribution in [2.75, 3.05) is 31.1 Å². The minimum absolute atomic E-state index is 0.0153. The smallest absolute Gasteiger partial charge is 0.269 e. The molecule has 35 heavy (non-hydrogen) atoms. The summed E-state index contributed by atoms with van der Waals surface area (Å²) < 4.78 is 1.73. The molecule has 2 aromatic carbocycles. The molecule has 3 heterocycles. The Bertz CT molecular complexity index is 1430. The van der Waals surface area contributed by atoms with E-state index in [4.69, 9.17) is 11.6 Å². The van der Waals surface area contributed by atoms with Crippen molar-refractivity contribution < 1.29 is 9.72 Å². The van der Waals surface area contributed by atoms with Gasteiger partial charge in [-0.25, -0.2) is 14.6 Å². The number of nitro benzene ring substituents is 1. The van der Waals surface area contributed by atoms with Gasteiger partial charge in [-0.1, -0.05) is 17.7 Å². The minimum atomic E-state index is -0.453. The number of piperazine rings is 1. The van der Waals surface area contributed by atoms with Crippen molar-refractivity contribution in [3.63, 3.8) is 0 Å². The van der Waals surface area contributed by atoms with E-state index in [0.717, 1.165) is 22.5 Å². The fourth-order valence-corrected chi connectivity index (χ4v) is 4.18. The Kier molecular flexibility index (Phi) is 6.11. The Labute approximate surface area is 205 Å². The van der Waals surface area contributed by atoms with Gasteiger partial charge >= 0.3 is 0 Å². The molecule has 0 aliphatic carbocycles. The van der Waals surface area contributed by atoms with Crippen LogP contribution < -0.4 is 4.90 Å².